The third kappa shape index (κ3) is 2.74. The number of carbonyl (C=O) groups is 2. The summed E-state index contributed by atoms with van der Waals surface area (Å²) >= 11 is 3.94. The maximum atomic E-state index is 12.0. The minimum atomic E-state index is -0.249. The molecule has 1 N–H and O–H groups in total. The van der Waals surface area contributed by atoms with Gasteiger partial charge in [-0.3, -0.25) is 9.59 Å². The van der Waals surface area contributed by atoms with Crippen molar-refractivity contribution in [1.82, 2.24) is 5.32 Å². The van der Waals surface area contributed by atoms with Gasteiger partial charge in [0, 0.05) is 11.4 Å². The SMILES string of the molecule is CNC(=O)COC(=O)CC12C[C@@H]3C[C@@H](CC(Br)(C3)C1)C2. The summed E-state index contributed by atoms with van der Waals surface area (Å²) in [5, 5.41) is 2.46. The summed E-state index contributed by atoms with van der Waals surface area (Å²) in [6.45, 7) is -0.155. The number of hydrogen-bond donors (Lipinski definition) is 1. The Balaban J connectivity index is 1.62. The normalized spacial score (nSPS) is 41.5. The Bertz CT molecular complexity index is 423. The van der Waals surface area contributed by atoms with Crippen LogP contribution in [0.4, 0.5) is 0 Å². The summed E-state index contributed by atoms with van der Waals surface area (Å²) in [5.41, 5.74) is 0.118. The van der Waals surface area contributed by atoms with Gasteiger partial charge in [0.1, 0.15) is 0 Å². The van der Waals surface area contributed by atoms with Crippen molar-refractivity contribution in [3.63, 3.8) is 0 Å². The first-order chi connectivity index (χ1) is 9.42. The number of rotatable bonds is 4. The highest BCUT2D eigenvalue weighted by molar-refractivity contribution is 9.10. The molecular weight excluding hydrogens is 322 g/mol. The molecule has 0 aromatic carbocycles. The van der Waals surface area contributed by atoms with E-state index in [1.54, 1.807) is 7.05 Å². The minimum Gasteiger partial charge on any atom is -0.456 e. The zero-order valence-electron chi connectivity index (χ0n) is 11.9. The van der Waals surface area contributed by atoms with Crippen molar-refractivity contribution in [2.75, 3.05) is 13.7 Å². The van der Waals surface area contributed by atoms with Gasteiger partial charge in [-0.1, -0.05) is 15.9 Å². The van der Waals surface area contributed by atoms with Gasteiger partial charge in [-0.05, 0) is 55.8 Å². The van der Waals surface area contributed by atoms with Crippen LogP contribution in [-0.4, -0.2) is 29.9 Å². The van der Waals surface area contributed by atoms with E-state index in [0.29, 0.717) is 6.42 Å². The molecule has 4 rings (SSSR count). The Hall–Kier alpha value is -0.580. The number of carbonyl (C=O) groups excluding carboxylic acids is 2. The van der Waals surface area contributed by atoms with E-state index in [-0.39, 0.29) is 28.2 Å². The van der Waals surface area contributed by atoms with E-state index in [2.05, 4.69) is 21.2 Å². The monoisotopic (exact) mass is 343 g/mol. The zero-order chi connectivity index (χ0) is 14.4. The Morgan fingerprint density at radius 1 is 1.25 bits per heavy atom. The molecule has 112 valence electrons. The number of ether oxygens (including phenoxy) is 1. The Morgan fingerprint density at radius 3 is 2.45 bits per heavy atom. The summed E-state index contributed by atoms with van der Waals surface area (Å²) < 4.78 is 5.36. The van der Waals surface area contributed by atoms with E-state index in [4.69, 9.17) is 4.74 Å². The molecule has 0 heterocycles. The van der Waals surface area contributed by atoms with Gasteiger partial charge in [0.15, 0.2) is 6.61 Å². The minimum absolute atomic E-state index is 0.118. The van der Waals surface area contributed by atoms with E-state index in [9.17, 15) is 9.59 Å². The van der Waals surface area contributed by atoms with Crippen LogP contribution in [-0.2, 0) is 14.3 Å². The van der Waals surface area contributed by atoms with Crippen LogP contribution in [0.3, 0.4) is 0 Å². The smallest absolute Gasteiger partial charge is 0.306 e. The molecule has 4 aliphatic carbocycles. The standard InChI is InChI=1S/C15H22BrNO3/c1-17-12(18)8-20-13(19)7-14-3-10-2-11(4-14)6-15(16,5-10)9-14/h10-11H,2-9H2,1H3,(H,17,18)/t10-,11+,14?,15?. The van der Waals surface area contributed by atoms with Crippen molar-refractivity contribution >= 4 is 27.8 Å². The van der Waals surface area contributed by atoms with Crippen molar-refractivity contribution in [2.45, 2.75) is 49.3 Å². The lowest BCUT2D eigenvalue weighted by molar-refractivity contribution is -0.154. The molecule has 20 heavy (non-hydrogen) atoms. The Labute approximate surface area is 128 Å². The number of esters is 1. The van der Waals surface area contributed by atoms with Crippen molar-refractivity contribution < 1.29 is 14.3 Å². The summed E-state index contributed by atoms with van der Waals surface area (Å²) in [6, 6.07) is 0. The van der Waals surface area contributed by atoms with Crippen molar-refractivity contribution in [3.05, 3.63) is 0 Å². The highest BCUT2D eigenvalue weighted by atomic mass is 79.9. The van der Waals surface area contributed by atoms with Crippen LogP contribution in [0.25, 0.3) is 0 Å². The van der Waals surface area contributed by atoms with Gasteiger partial charge in [-0.25, -0.2) is 0 Å². The molecule has 5 heteroatoms. The second-order valence-corrected chi connectivity index (χ2v) is 8.80. The first kappa shape index (κ1) is 14.4. The lowest BCUT2D eigenvalue weighted by atomic mass is 9.49. The largest absolute Gasteiger partial charge is 0.456 e. The topological polar surface area (TPSA) is 55.4 Å². The third-order valence-corrected chi connectivity index (χ3v) is 6.20. The summed E-state index contributed by atoms with van der Waals surface area (Å²) in [5.74, 6) is 1.07. The second-order valence-electron chi connectivity index (χ2n) is 7.12. The van der Waals surface area contributed by atoms with E-state index in [1.165, 1.54) is 19.3 Å². The van der Waals surface area contributed by atoms with Crippen LogP contribution >= 0.6 is 15.9 Å². The van der Waals surface area contributed by atoms with Crippen LogP contribution in [0.5, 0.6) is 0 Å². The first-order valence-corrected chi connectivity index (χ1v) is 8.26. The summed E-state index contributed by atoms with van der Waals surface area (Å²) in [6.07, 6.45) is 7.74. The van der Waals surface area contributed by atoms with E-state index in [0.717, 1.165) is 31.1 Å². The molecule has 2 unspecified atom stereocenters. The number of alkyl halides is 1. The van der Waals surface area contributed by atoms with Gasteiger partial charge in [0.2, 0.25) is 0 Å². The number of halogens is 1. The first-order valence-electron chi connectivity index (χ1n) is 7.47. The van der Waals surface area contributed by atoms with Crippen LogP contribution in [0.2, 0.25) is 0 Å². The molecule has 4 atom stereocenters. The van der Waals surface area contributed by atoms with Gasteiger partial charge in [0.25, 0.3) is 5.91 Å². The van der Waals surface area contributed by atoms with Crippen LogP contribution in [0, 0.1) is 17.3 Å². The highest BCUT2D eigenvalue weighted by Gasteiger charge is 2.57. The number of hydrogen-bond acceptors (Lipinski definition) is 3. The predicted molar refractivity (Wildman–Crippen MR) is 78.4 cm³/mol. The van der Waals surface area contributed by atoms with Crippen LogP contribution < -0.4 is 5.32 Å². The summed E-state index contributed by atoms with van der Waals surface area (Å²) in [7, 11) is 1.55. The molecule has 0 saturated heterocycles. The number of nitrogens with one attached hydrogen (secondary N) is 1. The highest BCUT2D eigenvalue weighted by Crippen LogP contribution is 2.65. The number of likely N-dealkylation sites (N-methyl/N-ethyl adjacent to an activating group) is 1. The average Bonchev–Trinajstić information content (AvgIpc) is 2.32. The third-order valence-electron chi connectivity index (χ3n) is 5.27. The van der Waals surface area contributed by atoms with Gasteiger partial charge in [-0.2, -0.15) is 0 Å². The molecule has 0 radical (unpaired) electrons. The second kappa shape index (κ2) is 5.00. The average molecular weight is 344 g/mol. The Morgan fingerprint density at radius 2 is 1.90 bits per heavy atom. The molecule has 0 aromatic heterocycles. The molecule has 1 amide bonds. The van der Waals surface area contributed by atoms with Gasteiger partial charge < -0.3 is 10.1 Å². The van der Waals surface area contributed by atoms with E-state index in [1.807, 2.05) is 0 Å². The fraction of sp³-hybridized carbons (Fsp3) is 0.867. The van der Waals surface area contributed by atoms with Gasteiger partial charge in [0.05, 0.1) is 6.42 Å². The van der Waals surface area contributed by atoms with E-state index < -0.39 is 0 Å². The number of amides is 1. The molecule has 0 aromatic rings. The van der Waals surface area contributed by atoms with Gasteiger partial charge in [-0.15, -0.1) is 0 Å². The lowest BCUT2D eigenvalue weighted by Gasteiger charge is -2.60. The maximum absolute atomic E-state index is 12.0. The molecule has 4 bridgehead atoms. The molecule has 4 saturated carbocycles. The molecule has 4 aliphatic rings. The molecule has 0 spiro atoms. The molecule has 0 aliphatic heterocycles. The zero-order valence-corrected chi connectivity index (χ0v) is 13.5. The fourth-order valence-electron chi connectivity index (χ4n) is 5.12. The molecular formula is C15H22BrNO3. The van der Waals surface area contributed by atoms with Crippen LogP contribution in [0.15, 0.2) is 0 Å². The Kier molecular flexibility index (Phi) is 3.59. The van der Waals surface area contributed by atoms with Crippen molar-refractivity contribution in [2.24, 2.45) is 17.3 Å². The molecule has 4 fully saturated rings. The predicted octanol–water partition coefficient (Wildman–Crippen LogP) is 2.40. The van der Waals surface area contributed by atoms with Gasteiger partial charge >= 0.3 is 5.97 Å². The quantitative estimate of drug-likeness (QED) is 0.629. The fourth-order valence-corrected chi connectivity index (χ4v) is 6.63. The van der Waals surface area contributed by atoms with Crippen molar-refractivity contribution in [3.8, 4) is 0 Å². The van der Waals surface area contributed by atoms with E-state index >= 15 is 0 Å². The maximum Gasteiger partial charge on any atom is 0.306 e. The lowest BCUT2D eigenvalue weighted by Crippen LogP contribution is -2.53. The molecule has 4 nitrogen and oxygen atoms in total. The van der Waals surface area contributed by atoms with Crippen molar-refractivity contribution in [1.29, 1.82) is 0 Å². The van der Waals surface area contributed by atoms with Crippen LogP contribution in [0.1, 0.15) is 44.9 Å². The summed E-state index contributed by atoms with van der Waals surface area (Å²) in [4.78, 5) is 23.2.